The van der Waals surface area contributed by atoms with Crippen LogP contribution in [0.1, 0.15) is 22.7 Å². The molecule has 0 bridgehead atoms. The third kappa shape index (κ3) is 2.06. The normalized spacial score (nSPS) is 19.1. The minimum absolute atomic E-state index is 0.0323. The van der Waals surface area contributed by atoms with E-state index in [1.54, 1.807) is 12.1 Å². The number of phenols is 2. The lowest BCUT2D eigenvalue weighted by atomic mass is 9.88. The van der Waals surface area contributed by atoms with E-state index in [4.69, 9.17) is 0 Å². The summed E-state index contributed by atoms with van der Waals surface area (Å²) in [7, 11) is 2.09. The van der Waals surface area contributed by atoms with Gasteiger partial charge in [0.1, 0.15) is 0 Å². The van der Waals surface area contributed by atoms with Gasteiger partial charge in [-0.05, 0) is 42.3 Å². The van der Waals surface area contributed by atoms with Crippen molar-refractivity contribution in [1.82, 2.24) is 4.90 Å². The Balaban J connectivity index is 2.14. The molecule has 0 saturated carbocycles. The molecule has 3 rings (SSSR count). The maximum atomic E-state index is 9.76. The highest BCUT2D eigenvalue weighted by Crippen LogP contribution is 2.39. The predicted molar refractivity (Wildman–Crippen MR) is 74.4 cm³/mol. The highest BCUT2D eigenvalue weighted by atomic mass is 16.3. The zero-order valence-corrected chi connectivity index (χ0v) is 10.9. The van der Waals surface area contributed by atoms with Gasteiger partial charge in [0.15, 0.2) is 11.5 Å². The average Bonchev–Trinajstić information content (AvgIpc) is 2.42. The van der Waals surface area contributed by atoms with Crippen molar-refractivity contribution >= 4 is 0 Å². The Hall–Kier alpha value is -2.00. The number of nitrogens with zero attached hydrogens (tertiary/aromatic N) is 1. The molecule has 0 aliphatic carbocycles. The number of likely N-dealkylation sites (N-methyl/N-ethyl adjacent to an activating group) is 1. The molecule has 0 fully saturated rings. The molecular formula is C16H17NO2. The number of hydrogen-bond acceptors (Lipinski definition) is 3. The van der Waals surface area contributed by atoms with Crippen LogP contribution in [0.15, 0.2) is 42.5 Å². The lowest BCUT2D eigenvalue weighted by Crippen LogP contribution is -2.32. The van der Waals surface area contributed by atoms with Crippen LogP contribution in [0.3, 0.4) is 0 Å². The number of benzene rings is 2. The van der Waals surface area contributed by atoms with Gasteiger partial charge in [0.05, 0.1) is 6.04 Å². The molecule has 0 unspecified atom stereocenters. The molecule has 3 nitrogen and oxygen atoms in total. The predicted octanol–water partition coefficient (Wildman–Crippen LogP) is 2.68. The Kier molecular flexibility index (Phi) is 2.91. The van der Waals surface area contributed by atoms with Crippen LogP contribution in [0, 0.1) is 0 Å². The van der Waals surface area contributed by atoms with Crippen LogP contribution in [-0.2, 0) is 6.42 Å². The molecule has 2 N–H and O–H groups in total. The molecule has 0 amide bonds. The van der Waals surface area contributed by atoms with Crippen LogP contribution in [0.25, 0.3) is 0 Å². The van der Waals surface area contributed by atoms with Crippen LogP contribution < -0.4 is 0 Å². The maximum absolute atomic E-state index is 9.76. The van der Waals surface area contributed by atoms with Gasteiger partial charge in [-0.3, -0.25) is 4.90 Å². The third-order valence-corrected chi connectivity index (χ3v) is 3.82. The molecule has 3 heteroatoms. The monoisotopic (exact) mass is 255 g/mol. The van der Waals surface area contributed by atoms with Crippen molar-refractivity contribution in [3.63, 3.8) is 0 Å². The van der Waals surface area contributed by atoms with Gasteiger partial charge in [-0.15, -0.1) is 0 Å². The first-order valence-electron chi connectivity index (χ1n) is 6.47. The zero-order valence-electron chi connectivity index (χ0n) is 10.9. The quantitative estimate of drug-likeness (QED) is 0.770. The maximum Gasteiger partial charge on any atom is 0.157 e. The van der Waals surface area contributed by atoms with E-state index in [0.717, 1.165) is 24.1 Å². The second-order valence-corrected chi connectivity index (χ2v) is 5.08. The molecule has 1 atom stereocenters. The molecule has 98 valence electrons. The molecular weight excluding hydrogens is 238 g/mol. The minimum Gasteiger partial charge on any atom is -0.504 e. The molecule has 1 aliphatic rings. The summed E-state index contributed by atoms with van der Waals surface area (Å²) in [6.07, 6.45) is 0.892. The first-order chi connectivity index (χ1) is 9.16. The van der Waals surface area contributed by atoms with Crippen LogP contribution in [0.2, 0.25) is 0 Å². The largest absolute Gasteiger partial charge is 0.504 e. The summed E-state index contributed by atoms with van der Waals surface area (Å²) in [5.74, 6) is -0.0786. The second-order valence-electron chi connectivity index (χ2n) is 5.08. The molecule has 0 radical (unpaired) electrons. The van der Waals surface area contributed by atoms with Crippen LogP contribution >= 0.6 is 0 Å². The number of rotatable bonds is 1. The Bertz CT molecular complexity index is 595. The fourth-order valence-corrected chi connectivity index (χ4v) is 2.84. The van der Waals surface area contributed by atoms with Gasteiger partial charge in [0.2, 0.25) is 0 Å². The smallest absolute Gasteiger partial charge is 0.157 e. The van der Waals surface area contributed by atoms with Crippen molar-refractivity contribution in [3.8, 4) is 11.5 Å². The SMILES string of the molecule is CN1CCc2cc(O)c(O)cc2[C@H]1c1ccccc1. The van der Waals surface area contributed by atoms with Gasteiger partial charge in [0, 0.05) is 6.54 Å². The van der Waals surface area contributed by atoms with Crippen molar-refractivity contribution in [2.24, 2.45) is 0 Å². The van der Waals surface area contributed by atoms with E-state index in [1.165, 1.54) is 5.56 Å². The Morgan fingerprint density at radius 3 is 2.47 bits per heavy atom. The van der Waals surface area contributed by atoms with Crippen molar-refractivity contribution < 1.29 is 10.2 Å². The van der Waals surface area contributed by atoms with Crippen molar-refractivity contribution in [2.75, 3.05) is 13.6 Å². The first kappa shape index (κ1) is 12.1. The fraction of sp³-hybridized carbons (Fsp3) is 0.250. The Labute approximate surface area is 112 Å². The van der Waals surface area contributed by atoms with E-state index < -0.39 is 0 Å². The number of fused-ring (bicyclic) bond motifs is 1. The lowest BCUT2D eigenvalue weighted by Gasteiger charge is -2.35. The fourth-order valence-electron chi connectivity index (χ4n) is 2.84. The number of phenolic OH excluding ortho intramolecular Hbond substituents is 2. The van der Waals surface area contributed by atoms with Crippen molar-refractivity contribution in [1.29, 1.82) is 0 Å². The molecule has 2 aromatic carbocycles. The van der Waals surface area contributed by atoms with E-state index in [2.05, 4.69) is 24.1 Å². The van der Waals surface area contributed by atoms with Crippen LogP contribution in [0.4, 0.5) is 0 Å². The molecule has 2 aromatic rings. The van der Waals surface area contributed by atoms with Crippen LogP contribution in [0.5, 0.6) is 11.5 Å². The van der Waals surface area contributed by atoms with E-state index in [0.29, 0.717) is 0 Å². The summed E-state index contributed by atoms with van der Waals surface area (Å²) < 4.78 is 0. The summed E-state index contributed by atoms with van der Waals surface area (Å²) in [6, 6.07) is 13.8. The molecule has 1 aliphatic heterocycles. The zero-order chi connectivity index (χ0) is 13.4. The minimum atomic E-state index is -0.0463. The van der Waals surface area contributed by atoms with Gasteiger partial charge in [-0.25, -0.2) is 0 Å². The lowest BCUT2D eigenvalue weighted by molar-refractivity contribution is 0.263. The van der Waals surface area contributed by atoms with Crippen molar-refractivity contribution in [3.05, 3.63) is 59.2 Å². The molecule has 0 aromatic heterocycles. The number of aromatic hydroxyl groups is 2. The van der Waals surface area contributed by atoms with Crippen LogP contribution in [-0.4, -0.2) is 28.7 Å². The van der Waals surface area contributed by atoms with E-state index in [1.807, 2.05) is 18.2 Å². The number of hydrogen-bond donors (Lipinski definition) is 2. The standard InChI is InChI=1S/C16H17NO2/c1-17-8-7-12-9-14(18)15(19)10-13(12)16(17)11-5-3-2-4-6-11/h2-6,9-10,16,18-19H,7-8H2,1H3/t16-/m1/s1. The molecule has 0 saturated heterocycles. The van der Waals surface area contributed by atoms with Gasteiger partial charge in [0.25, 0.3) is 0 Å². The Morgan fingerprint density at radius 2 is 1.74 bits per heavy atom. The van der Waals surface area contributed by atoms with Crippen molar-refractivity contribution in [2.45, 2.75) is 12.5 Å². The second kappa shape index (κ2) is 4.59. The Morgan fingerprint density at radius 1 is 1.05 bits per heavy atom. The summed E-state index contributed by atoms with van der Waals surface area (Å²) in [4.78, 5) is 2.27. The summed E-state index contributed by atoms with van der Waals surface area (Å²) in [5.41, 5.74) is 3.40. The van der Waals surface area contributed by atoms with Gasteiger partial charge >= 0.3 is 0 Å². The molecule has 0 spiro atoms. The topological polar surface area (TPSA) is 43.7 Å². The first-order valence-corrected chi connectivity index (χ1v) is 6.47. The van der Waals surface area contributed by atoms with E-state index >= 15 is 0 Å². The molecule has 1 heterocycles. The summed E-state index contributed by atoms with van der Waals surface area (Å²) in [5, 5.41) is 19.4. The summed E-state index contributed by atoms with van der Waals surface area (Å²) >= 11 is 0. The van der Waals surface area contributed by atoms with Gasteiger partial charge < -0.3 is 10.2 Å². The van der Waals surface area contributed by atoms with Gasteiger partial charge in [-0.2, -0.15) is 0 Å². The third-order valence-electron chi connectivity index (χ3n) is 3.82. The van der Waals surface area contributed by atoms with E-state index in [-0.39, 0.29) is 17.5 Å². The van der Waals surface area contributed by atoms with Gasteiger partial charge in [-0.1, -0.05) is 30.3 Å². The molecule has 19 heavy (non-hydrogen) atoms. The summed E-state index contributed by atoms with van der Waals surface area (Å²) in [6.45, 7) is 0.941. The highest BCUT2D eigenvalue weighted by Gasteiger charge is 2.27. The van der Waals surface area contributed by atoms with E-state index in [9.17, 15) is 10.2 Å². The average molecular weight is 255 g/mol. The highest BCUT2D eigenvalue weighted by molar-refractivity contribution is 5.50.